The molecule has 2 N–H and O–H groups in total. The molecule has 2 aliphatic rings. The molecular weight excluding hydrogens is 409 g/mol. The van der Waals surface area contributed by atoms with Gasteiger partial charge in [0.15, 0.2) is 0 Å². The Kier molecular flexibility index (Phi) is 5.77. The number of hydrogen-bond acceptors (Lipinski definition) is 7. The molecule has 4 atom stereocenters. The van der Waals surface area contributed by atoms with Crippen molar-refractivity contribution < 1.29 is 13.9 Å². The smallest absolute Gasteiger partial charge is 0.223 e. The predicted molar refractivity (Wildman–Crippen MR) is 116 cm³/mol. The summed E-state index contributed by atoms with van der Waals surface area (Å²) in [7, 11) is 0. The van der Waals surface area contributed by atoms with E-state index in [0.717, 1.165) is 5.56 Å². The zero-order chi connectivity index (χ0) is 21.9. The Morgan fingerprint density at radius 3 is 2.69 bits per heavy atom. The molecule has 5 rings (SSSR count). The van der Waals surface area contributed by atoms with Gasteiger partial charge in [-0.1, -0.05) is 24.3 Å². The van der Waals surface area contributed by atoms with Gasteiger partial charge in [0.2, 0.25) is 5.95 Å². The fourth-order valence-corrected chi connectivity index (χ4v) is 4.20. The van der Waals surface area contributed by atoms with Crippen molar-refractivity contribution in [2.45, 2.75) is 30.8 Å². The van der Waals surface area contributed by atoms with E-state index in [1.54, 1.807) is 24.4 Å². The molecule has 0 spiro atoms. The van der Waals surface area contributed by atoms with E-state index in [1.807, 2.05) is 24.3 Å². The van der Waals surface area contributed by atoms with Gasteiger partial charge in [-0.25, -0.2) is 14.4 Å². The van der Waals surface area contributed by atoms with Crippen LogP contribution in [0, 0.1) is 17.1 Å². The maximum Gasteiger partial charge on any atom is 0.223 e. The van der Waals surface area contributed by atoms with Crippen LogP contribution in [-0.2, 0) is 16.0 Å². The van der Waals surface area contributed by atoms with Crippen LogP contribution in [0.2, 0.25) is 0 Å². The van der Waals surface area contributed by atoms with Crippen LogP contribution in [0.3, 0.4) is 0 Å². The number of halogens is 1. The molecule has 0 aliphatic carbocycles. The van der Waals surface area contributed by atoms with E-state index < -0.39 is 0 Å². The van der Waals surface area contributed by atoms with E-state index in [9.17, 15) is 4.39 Å². The van der Waals surface area contributed by atoms with E-state index in [2.05, 4.69) is 26.7 Å². The number of rotatable bonds is 6. The van der Waals surface area contributed by atoms with Crippen LogP contribution >= 0.6 is 0 Å². The molecular formula is C24H22FN5O2. The first-order valence-electron chi connectivity index (χ1n) is 10.5. The molecule has 32 heavy (non-hydrogen) atoms. The lowest BCUT2D eigenvalue weighted by Crippen LogP contribution is -2.41. The Morgan fingerprint density at radius 1 is 1.03 bits per heavy atom. The molecule has 3 heterocycles. The Hall–Kier alpha value is -3.38. The minimum atomic E-state index is -0.306. The third-order valence-corrected chi connectivity index (χ3v) is 5.77. The van der Waals surface area contributed by atoms with Crippen LogP contribution in [-0.4, -0.2) is 47.5 Å². The Bertz CT molecular complexity index is 1150. The van der Waals surface area contributed by atoms with Crippen molar-refractivity contribution in [3.8, 4) is 17.3 Å². The van der Waals surface area contributed by atoms with Gasteiger partial charge in [0.25, 0.3) is 0 Å². The van der Waals surface area contributed by atoms with Gasteiger partial charge in [-0.15, -0.1) is 0 Å². The highest BCUT2D eigenvalue weighted by Gasteiger charge is 2.47. The highest BCUT2D eigenvalue weighted by molar-refractivity contribution is 5.60. The second kappa shape index (κ2) is 9.01. The van der Waals surface area contributed by atoms with Crippen LogP contribution in [0.4, 0.5) is 10.3 Å². The zero-order valence-electron chi connectivity index (χ0n) is 17.2. The van der Waals surface area contributed by atoms with Crippen molar-refractivity contribution in [1.29, 1.82) is 5.26 Å². The quantitative estimate of drug-likeness (QED) is 0.620. The molecule has 8 heteroatoms. The summed E-state index contributed by atoms with van der Waals surface area (Å²) in [5, 5.41) is 15.9. The van der Waals surface area contributed by atoms with E-state index >= 15 is 0 Å². The second-order valence-corrected chi connectivity index (χ2v) is 7.92. The summed E-state index contributed by atoms with van der Waals surface area (Å²) < 4.78 is 25.6. The van der Waals surface area contributed by atoms with Crippen LogP contribution in [0.5, 0.6) is 0 Å². The number of nitrogens with one attached hydrogen (secondary N) is 2. The summed E-state index contributed by atoms with van der Waals surface area (Å²) in [5.74, 6) is 0.147. The molecule has 1 aromatic heterocycles. The molecule has 0 unspecified atom stereocenters. The standard InChI is InChI=1S/C24H22FN5O2/c25-18-6-2-5-17(10-18)19-7-8-27-24(29-19)30-21-14-32-22-20(13-31-23(21)22)28-12-16-4-1-3-15(9-16)11-26/h1-10,20-23,28H,12-14H2,(H,27,29,30)/t20-,21+,22-,23+/m1/s1. The number of anilines is 1. The molecule has 0 bridgehead atoms. The number of nitrogens with zero attached hydrogens (tertiary/aromatic N) is 3. The number of aromatic nitrogens is 2. The first-order chi connectivity index (χ1) is 15.7. The highest BCUT2D eigenvalue weighted by Crippen LogP contribution is 2.29. The van der Waals surface area contributed by atoms with Crippen molar-refractivity contribution in [2.75, 3.05) is 18.5 Å². The maximum absolute atomic E-state index is 13.6. The summed E-state index contributed by atoms with van der Waals surface area (Å²) in [6.45, 7) is 1.65. The van der Waals surface area contributed by atoms with Gasteiger partial charge < -0.3 is 20.1 Å². The third-order valence-electron chi connectivity index (χ3n) is 5.77. The van der Waals surface area contributed by atoms with Gasteiger partial charge in [-0.2, -0.15) is 5.26 Å². The Balaban J connectivity index is 1.22. The molecule has 162 valence electrons. The van der Waals surface area contributed by atoms with Gasteiger partial charge >= 0.3 is 0 Å². The molecule has 2 aromatic carbocycles. The van der Waals surface area contributed by atoms with E-state index in [0.29, 0.717) is 42.5 Å². The van der Waals surface area contributed by atoms with Gasteiger partial charge in [-0.05, 0) is 35.9 Å². The Morgan fingerprint density at radius 2 is 1.84 bits per heavy atom. The monoisotopic (exact) mass is 431 g/mol. The van der Waals surface area contributed by atoms with Gasteiger partial charge in [0.05, 0.1) is 42.6 Å². The molecule has 2 aliphatic heterocycles. The van der Waals surface area contributed by atoms with Crippen LogP contribution in [0.25, 0.3) is 11.3 Å². The third kappa shape index (κ3) is 4.32. The van der Waals surface area contributed by atoms with Gasteiger partial charge in [0, 0.05) is 18.3 Å². The largest absolute Gasteiger partial charge is 0.371 e. The summed E-state index contributed by atoms with van der Waals surface area (Å²) in [6, 6.07) is 17.7. The minimum absolute atomic E-state index is 0.0529. The lowest BCUT2D eigenvalue weighted by Gasteiger charge is -2.18. The van der Waals surface area contributed by atoms with Crippen molar-refractivity contribution >= 4 is 5.95 Å². The summed E-state index contributed by atoms with van der Waals surface area (Å²) >= 11 is 0. The zero-order valence-corrected chi connectivity index (χ0v) is 17.2. The number of fused-ring (bicyclic) bond motifs is 1. The summed E-state index contributed by atoms with van der Waals surface area (Å²) in [4.78, 5) is 8.84. The van der Waals surface area contributed by atoms with Crippen molar-refractivity contribution in [3.05, 3.63) is 77.7 Å². The summed E-state index contributed by atoms with van der Waals surface area (Å²) in [6.07, 6.45) is 1.44. The van der Waals surface area contributed by atoms with Gasteiger partial charge in [0.1, 0.15) is 18.0 Å². The normalized spacial score (nSPS) is 24.1. The first kappa shape index (κ1) is 20.5. The lowest BCUT2D eigenvalue weighted by atomic mass is 10.1. The molecule has 7 nitrogen and oxygen atoms in total. The number of nitriles is 1. The molecule has 0 radical (unpaired) electrons. The number of ether oxygens (including phenoxy) is 2. The number of benzene rings is 2. The maximum atomic E-state index is 13.6. The molecule has 3 aromatic rings. The van der Waals surface area contributed by atoms with Crippen LogP contribution in [0.1, 0.15) is 11.1 Å². The molecule has 2 fully saturated rings. The number of hydrogen-bond donors (Lipinski definition) is 2. The molecule has 2 saturated heterocycles. The van der Waals surface area contributed by atoms with Crippen LogP contribution < -0.4 is 10.6 Å². The average molecular weight is 431 g/mol. The van der Waals surface area contributed by atoms with E-state index in [1.165, 1.54) is 12.1 Å². The van der Waals surface area contributed by atoms with E-state index in [4.69, 9.17) is 14.7 Å². The second-order valence-electron chi connectivity index (χ2n) is 7.92. The highest BCUT2D eigenvalue weighted by atomic mass is 19.1. The first-order valence-corrected chi connectivity index (χ1v) is 10.5. The fraction of sp³-hybridized carbons (Fsp3) is 0.292. The topological polar surface area (TPSA) is 92.1 Å². The average Bonchev–Trinajstić information content (AvgIpc) is 3.41. The summed E-state index contributed by atoms with van der Waals surface area (Å²) in [5.41, 5.74) is 3.02. The van der Waals surface area contributed by atoms with Crippen molar-refractivity contribution in [3.63, 3.8) is 0 Å². The van der Waals surface area contributed by atoms with Crippen molar-refractivity contribution in [2.24, 2.45) is 0 Å². The van der Waals surface area contributed by atoms with E-state index in [-0.39, 0.29) is 30.1 Å². The Labute approximate surface area is 185 Å². The molecule has 0 amide bonds. The lowest BCUT2D eigenvalue weighted by molar-refractivity contribution is 0.0675. The fourth-order valence-electron chi connectivity index (χ4n) is 4.20. The predicted octanol–water partition coefficient (Wildman–Crippen LogP) is 2.89. The van der Waals surface area contributed by atoms with Crippen LogP contribution in [0.15, 0.2) is 60.8 Å². The van der Waals surface area contributed by atoms with Gasteiger partial charge in [-0.3, -0.25) is 0 Å². The molecule has 0 saturated carbocycles. The minimum Gasteiger partial charge on any atom is -0.371 e. The SMILES string of the molecule is N#Cc1cccc(CN[C@@H]2CO[C@@H]3[C@@H]2OC[C@@H]3Nc2nccc(-c3cccc(F)c3)n2)c1. The van der Waals surface area contributed by atoms with Crippen molar-refractivity contribution in [1.82, 2.24) is 15.3 Å².